The van der Waals surface area contributed by atoms with Gasteiger partial charge in [0.15, 0.2) is 16.6 Å². The zero-order valence-electron chi connectivity index (χ0n) is 23.0. The van der Waals surface area contributed by atoms with Gasteiger partial charge in [-0.05, 0) is 58.3 Å². The SMILES string of the molecule is COCCOCCOCCOCCOCCOCCC[Si](C)(O[Si](C)(C)C)O[Si](C)(C)C.[BH4-].[K+]. The van der Waals surface area contributed by atoms with E-state index in [0.717, 1.165) is 12.5 Å². The van der Waals surface area contributed by atoms with Crippen molar-refractivity contribution in [2.75, 3.05) is 79.8 Å². The smallest absolute Gasteiger partial charge is 0.437 e. The molecule has 0 N–H and O–H groups in total. The molecule has 0 bridgehead atoms. The van der Waals surface area contributed by atoms with Crippen LogP contribution in [0.2, 0.25) is 51.9 Å². The average Bonchev–Trinajstić information content (AvgIpc) is 2.64. The van der Waals surface area contributed by atoms with Gasteiger partial charge >= 0.3 is 59.9 Å². The first-order chi connectivity index (χ1) is 15.0. The van der Waals surface area contributed by atoms with Crippen molar-refractivity contribution in [3.63, 3.8) is 0 Å². The van der Waals surface area contributed by atoms with Crippen LogP contribution in [0.3, 0.4) is 0 Å². The monoisotopic (exact) mass is 568 g/mol. The second kappa shape index (κ2) is 24.1. The zero-order valence-corrected chi connectivity index (χ0v) is 29.1. The Labute approximate surface area is 257 Å². The predicted octanol–water partition coefficient (Wildman–Crippen LogP) is -0.567. The molecule has 0 amide bonds. The van der Waals surface area contributed by atoms with Crippen LogP contribution in [0.4, 0.5) is 0 Å². The molecular weight excluding hydrogens is 514 g/mol. The molecule has 0 saturated carbocycles. The summed E-state index contributed by atoms with van der Waals surface area (Å²) in [7, 11) is -3.78. The summed E-state index contributed by atoms with van der Waals surface area (Å²) >= 11 is 0. The van der Waals surface area contributed by atoms with E-state index in [4.69, 9.17) is 36.7 Å². The third-order valence-corrected chi connectivity index (χ3v) is 13.5. The Hall–Kier alpha value is 2.03. The van der Waals surface area contributed by atoms with Crippen molar-refractivity contribution in [1.29, 1.82) is 0 Å². The van der Waals surface area contributed by atoms with Gasteiger partial charge in [0.1, 0.15) is 0 Å². The van der Waals surface area contributed by atoms with E-state index in [-0.39, 0.29) is 59.8 Å². The van der Waals surface area contributed by atoms with Gasteiger partial charge in [0.2, 0.25) is 0 Å². The molecule has 0 unspecified atom stereocenters. The minimum Gasteiger partial charge on any atom is -0.437 e. The summed E-state index contributed by atoms with van der Waals surface area (Å²) in [6.45, 7) is 22.1. The molecular formula is C21H54BKO8Si3. The van der Waals surface area contributed by atoms with Crippen LogP contribution in [0.25, 0.3) is 0 Å². The molecule has 0 aliphatic heterocycles. The first kappa shape index (κ1) is 40.5. The van der Waals surface area contributed by atoms with Gasteiger partial charge in [0.25, 0.3) is 0 Å². The summed E-state index contributed by atoms with van der Waals surface area (Å²) in [5, 5.41) is 0. The fourth-order valence-electron chi connectivity index (χ4n) is 3.04. The number of hydrogen-bond donors (Lipinski definition) is 0. The summed E-state index contributed by atoms with van der Waals surface area (Å²) in [6, 6.07) is 0.970. The van der Waals surface area contributed by atoms with E-state index < -0.39 is 25.2 Å². The molecule has 0 aromatic carbocycles. The Morgan fingerprint density at radius 2 is 0.765 bits per heavy atom. The molecule has 0 rings (SSSR count). The van der Waals surface area contributed by atoms with Gasteiger partial charge < -0.3 is 36.7 Å². The van der Waals surface area contributed by atoms with Crippen LogP contribution in [0.1, 0.15) is 6.42 Å². The van der Waals surface area contributed by atoms with Gasteiger partial charge in [0, 0.05) is 13.7 Å². The third kappa shape index (κ3) is 30.3. The van der Waals surface area contributed by atoms with Crippen LogP contribution in [0.15, 0.2) is 0 Å². The van der Waals surface area contributed by atoms with Crippen LogP contribution < -0.4 is 51.4 Å². The molecule has 0 spiro atoms. The minimum absolute atomic E-state index is 0. The fourth-order valence-corrected chi connectivity index (χ4v) is 15.5. The molecule has 0 aliphatic carbocycles. The van der Waals surface area contributed by atoms with E-state index in [9.17, 15) is 0 Å². The number of ether oxygens (including phenoxy) is 6. The number of methoxy groups -OCH3 is 1. The maximum absolute atomic E-state index is 6.51. The normalized spacial score (nSPS) is 12.4. The van der Waals surface area contributed by atoms with Gasteiger partial charge in [-0.1, -0.05) is 8.41 Å². The first-order valence-corrected chi connectivity index (χ1v) is 21.1. The molecule has 0 heterocycles. The van der Waals surface area contributed by atoms with Crippen LogP contribution >= 0.6 is 0 Å². The van der Waals surface area contributed by atoms with E-state index in [1.807, 2.05) is 0 Å². The summed E-state index contributed by atoms with van der Waals surface area (Å²) in [5.74, 6) is 0. The number of hydrogen-bond acceptors (Lipinski definition) is 8. The van der Waals surface area contributed by atoms with E-state index in [2.05, 4.69) is 45.8 Å². The number of rotatable bonds is 23. The van der Waals surface area contributed by atoms with E-state index in [1.165, 1.54) is 0 Å². The maximum Gasteiger partial charge on any atom is 1.00 e. The Balaban J connectivity index is -0.00000480. The average molecular weight is 569 g/mol. The molecule has 0 aromatic rings. The van der Waals surface area contributed by atoms with Crippen LogP contribution in [-0.4, -0.2) is 113 Å². The van der Waals surface area contributed by atoms with Crippen LogP contribution in [-0.2, 0) is 36.7 Å². The van der Waals surface area contributed by atoms with Crippen molar-refractivity contribution < 1.29 is 88.0 Å². The Bertz CT molecular complexity index is 427. The zero-order chi connectivity index (χ0) is 24.3. The summed E-state index contributed by atoms with van der Waals surface area (Å²) in [4.78, 5) is 0. The second-order valence-electron chi connectivity index (χ2n) is 9.72. The summed E-state index contributed by atoms with van der Waals surface area (Å²) < 4.78 is 45.4. The fraction of sp³-hybridized carbons (Fsp3) is 1.00. The van der Waals surface area contributed by atoms with E-state index in [1.54, 1.807) is 7.11 Å². The molecule has 0 atom stereocenters. The van der Waals surface area contributed by atoms with Crippen molar-refractivity contribution in [3.05, 3.63) is 0 Å². The molecule has 202 valence electrons. The molecule has 0 radical (unpaired) electrons. The topological polar surface area (TPSA) is 73.8 Å². The third-order valence-electron chi connectivity index (χ3n) is 3.88. The Morgan fingerprint density at radius 1 is 0.471 bits per heavy atom. The van der Waals surface area contributed by atoms with Crippen molar-refractivity contribution in [2.45, 2.75) is 58.3 Å². The van der Waals surface area contributed by atoms with Gasteiger partial charge in [-0.3, -0.25) is 0 Å². The van der Waals surface area contributed by atoms with Gasteiger partial charge in [-0.25, -0.2) is 0 Å². The van der Waals surface area contributed by atoms with E-state index >= 15 is 0 Å². The largest absolute Gasteiger partial charge is 1.00 e. The molecule has 0 aliphatic rings. The molecule has 34 heavy (non-hydrogen) atoms. The Morgan fingerprint density at radius 3 is 1.06 bits per heavy atom. The maximum atomic E-state index is 6.51. The standard InChI is InChI=1S/C21H50O8Si3.BH4.K/c1-22-11-12-24-15-16-26-19-20-27-18-17-25-14-13-23-10-9-21-32(8,28-30(2,3)4)29-31(5,6)7;;/h9-21H2,1-8H3;1H4;/q;-1;+1. The van der Waals surface area contributed by atoms with Crippen LogP contribution in [0, 0.1) is 0 Å². The minimum atomic E-state index is -2.16. The Kier molecular flexibility index (Phi) is 28.7. The van der Waals surface area contributed by atoms with E-state index in [0.29, 0.717) is 72.7 Å². The van der Waals surface area contributed by atoms with Crippen molar-refractivity contribution >= 4 is 33.6 Å². The van der Waals surface area contributed by atoms with Crippen molar-refractivity contribution in [1.82, 2.24) is 0 Å². The van der Waals surface area contributed by atoms with Crippen molar-refractivity contribution in [2.24, 2.45) is 0 Å². The summed E-state index contributed by atoms with van der Waals surface area (Å²) in [6.07, 6.45) is 0.957. The summed E-state index contributed by atoms with van der Waals surface area (Å²) in [5.41, 5.74) is 0. The van der Waals surface area contributed by atoms with Crippen LogP contribution in [0.5, 0.6) is 0 Å². The van der Waals surface area contributed by atoms with Gasteiger partial charge in [-0.15, -0.1) is 0 Å². The molecule has 13 heteroatoms. The van der Waals surface area contributed by atoms with Crippen molar-refractivity contribution in [3.8, 4) is 0 Å². The molecule has 0 saturated heterocycles. The molecule has 8 nitrogen and oxygen atoms in total. The molecule has 0 aromatic heterocycles. The van der Waals surface area contributed by atoms with Gasteiger partial charge in [-0.2, -0.15) is 0 Å². The quantitative estimate of drug-likeness (QED) is 0.120. The first-order valence-electron chi connectivity index (χ1n) is 11.8. The molecule has 0 fully saturated rings. The predicted molar refractivity (Wildman–Crippen MR) is 147 cm³/mol. The van der Waals surface area contributed by atoms with Gasteiger partial charge in [0.05, 0.1) is 66.1 Å². The second-order valence-corrected chi connectivity index (χ2v) is 22.6.